The smallest absolute Gasteiger partial charge is 0.258 e. The summed E-state index contributed by atoms with van der Waals surface area (Å²) in [6, 6.07) is 8.39. The Morgan fingerprint density at radius 2 is 1.84 bits per heavy atom. The predicted octanol–water partition coefficient (Wildman–Crippen LogP) is 4.29. The van der Waals surface area contributed by atoms with Crippen LogP contribution in [0.3, 0.4) is 0 Å². The predicted molar refractivity (Wildman–Crippen MR) is 73.2 cm³/mol. The zero-order valence-corrected chi connectivity index (χ0v) is 11.6. The Hall–Kier alpha value is -1.75. The standard InChI is InChI=1S/C14H10BrF2NO/c1-8-2-4-10(12(17)6-8)14(19)18-13-7-9(15)3-5-11(13)16/h2-7H,1H3,(H,18,19). The van der Waals surface area contributed by atoms with E-state index in [1.165, 1.54) is 30.3 Å². The minimum atomic E-state index is -0.686. The lowest BCUT2D eigenvalue weighted by Crippen LogP contribution is -2.14. The summed E-state index contributed by atoms with van der Waals surface area (Å²) in [4.78, 5) is 11.9. The van der Waals surface area contributed by atoms with E-state index >= 15 is 0 Å². The lowest BCUT2D eigenvalue weighted by atomic mass is 10.1. The van der Waals surface area contributed by atoms with Gasteiger partial charge in [0.25, 0.3) is 5.91 Å². The van der Waals surface area contributed by atoms with Gasteiger partial charge in [-0.05, 0) is 42.8 Å². The van der Waals surface area contributed by atoms with Gasteiger partial charge in [-0.15, -0.1) is 0 Å². The van der Waals surface area contributed by atoms with Crippen molar-refractivity contribution in [3.63, 3.8) is 0 Å². The average molecular weight is 326 g/mol. The first-order valence-corrected chi connectivity index (χ1v) is 6.29. The molecular weight excluding hydrogens is 316 g/mol. The highest BCUT2D eigenvalue weighted by atomic mass is 79.9. The van der Waals surface area contributed by atoms with E-state index in [0.29, 0.717) is 10.0 Å². The van der Waals surface area contributed by atoms with Crippen LogP contribution < -0.4 is 5.32 Å². The molecule has 0 saturated heterocycles. The van der Waals surface area contributed by atoms with Crippen LogP contribution in [-0.4, -0.2) is 5.91 Å². The van der Waals surface area contributed by atoms with Gasteiger partial charge in [-0.1, -0.05) is 22.0 Å². The quantitative estimate of drug-likeness (QED) is 0.876. The molecule has 0 unspecified atom stereocenters. The van der Waals surface area contributed by atoms with E-state index in [2.05, 4.69) is 21.2 Å². The number of carbonyl (C=O) groups is 1. The highest BCUT2D eigenvalue weighted by molar-refractivity contribution is 9.10. The molecule has 0 aliphatic rings. The molecule has 0 atom stereocenters. The molecule has 1 N–H and O–H groups in total. The van der Waals surface area contributed by atoms with Crippen molar-refractivity contribution < 1.29 is 13.6 Å². The Bertz CT molecular complexity index is 643. The van der Waals surface area contributed by atoms with Gasteiger partial charge in [-0.2, -0.15) is 0 Å². The van der Waals surface area contributed by atoms with Gasteiger partial charge in [0, 0.05) is 4.47 Å². The minimum Gasteiger partial charge on any atom is -0.319 e. The summed E-state index contributed by atoms with van der Waals surface area (Å²) in [6.45, 7) is 1.72. The van der Waals surface area contributed by atoms with Crippen LogP contribution in [0.2, 0.25) is 0 Å². The zero-order valence-electron chi connectivity index (χ0n) is 10.0. The number of halogens is 3. The van der Waals surface area contributed by atoms with Crippen LogP contribution in [0, 0.1) is 18.6 Å². The number of aryl methyl sites for hydroxylation is 1. The van der Waals surface area contributed by atoms with Crippen molar-refractivity contribution in [2.45, 2.75) is 6.92 Å². The van der Waals surface area contributed by atoms with Crippen LogP contribution in [0.4, 0.5) is 14.5 Å². The molecule has 0 radical (unpaired) electrons. The maximum atomic E-state index is 13.6. The van der Waals surface area contributed by atoms with Gasteiger partial charge in [-0.3, -0.25) is 4.79 Å². The van der Waals surface area contributed by atoms with Gasteiger partial charge < -0.3 is 5.32 Å². The number of anilines is 1. The number of hydrogen-bond donors (Lipinski definition) is 1. The van der Waals surface area contributed by atoms with Crippen LogP contribution in [0.1, 0.15) is 15.9 Å². The number of benzene rings is 2. The molecule has 1 amide bonds. The van der Waals surface area contributed by atoms with E-state index in [1.54, 1.807) is 13.0 Å². The third-order valence-electron chi connectivity index (χ3n) is 2.55. The van der Waals surface area contributed by atoms with Gasteiger partial charge in [-0.25, -0.2) is 8.78 Å². The molecule has 0 aliphatic carbocycles. The number of rotatable bonds is 2. The first kappa shape index (κ1) is 13.7. The van der Waals surface area contributed by atoms with Gasteiger partial charge in [0.2, 0.25) is 0 Å². The molecule has 0 saturated carbocycles. The number of hydrogen-bond acceptors (Lipinski definition) is 1. The average Bonchev–Trinajstić information content (AvgIpc) is 2.33. The molecule has 2 nitrogen and oxygen atoms in total. The SMILES string of the molecule is Cc1ccc(C(=O)Nc2cc(Br)ccc2F)c(F)c1. The summed E-state index contributed by atoms with van der Waals surface area (Å²) >= 11 is 3.17. The fraction of sp³-hybridized carbons (Fsp3) is 0.0714. The molecular formula is C14H10BrF2NO. The van der Waals surface area contributed by atoms with Crippen LogP contribution in [0.15, 0.2) is 40.9 Å². The highest BCUT2D eigenvalue weighted by Crippen LogP contribution is 2.21. The van der Waals surface area contributed by atoms with Crippen LogP contribution in [0.5, 0.6) is 0 Å². The van der Waals surface area contributed by atoms with Crippen LogP contribution >= 0.6 is 15.9 Å². The molecule has 2 aromatic carbocycles. The largest absolute Gasteiger partial charge is 0.319 e. The summed E-state index contributed by atoms with van der Waals surface area (Å²) < 4.78 is 27.7. The van der Waals surface area contributed by atoms with Crippen molar-refractivity contribution in [2.75, 3.05) is 5.32 Å². The van der Waals surface area contributed by atoms with Gasteiger partial charge in [0.05, 0.1) is 11.3 Å². The topological polar surface area (TPSA) is 29.1 Å². The van der Waals surface area contributed by atoms with Gasteiger partial charge >= 0.3 is 0 Å². The molecule has 0 aliphatic heterocycles. The van der Waals surface area contributed by atoms with Crippen molar-refractivity contribution in [2.24, 2.45) is 0 Å². The maximum Gasteiger partial charge on any atom is 0.258 e. The molecule has 0 spiro atoms. The molecule has 0 aromatic heterocycles. The fourth-order valence-electron chi connectivity index (χ4n) is 1.59. The summed E-state index contributed by atoms with van der Waals surface area (Å²) in [5.41, 5.74) is 0.590. The molecule has 2 rings (SSSR count). The number of nitrogens with one attached hydrogen (secondary N) is 1. The lowest BCUT2D eigenvalue weighted by molar-refractivity contribution is 0.102. The highest BCUT2D eigenvalue weighted by Gasteiger charge is 2.13. The normalized spacial score (nSPS) is 10.3. The molecule has 0 heterocycles. The molecule has 98 valence electrons. The van der Waals surface area contributed by atoms with E-state index in [0.717, 1.165) is 0 Å². The van der Waals surface area contributed by atoms with E-state index < -0.39 is 17.5 Å². The Kier molecular flexibility index (Phi) is 3.95. The molecule has 2 aromatic rings. The van der Waals surface area contributed by atoms with E-state index in [-0.39, 0.29) is 11.3 Å². The Balaban J connectivity index is 2.28. The molecule has 0 bridgehead atoms. The minimum absolute atomic E-state index is 0.000602. The third-order valence-corrected chi connectivity index (χ3v) is 3.04. The summed E-state index contributed by atoms with van der Waals surface area (Å²) in [7, 11) is 0. The summed E-state index contributed by atoms with van der Waals surface area (Å²) in [6.07, 6.45) is 0. The van der Waals surface area contributed by atoms with Crippen molar-refractivity contribution in [3.8, 4) is 0 Å². The summed E-state index contributed by atoms with van der Waals surface area (Å²) in [5, 5.41) is 2.34. The third kappa shape index (κ3) is 3.17. The second-order valence-electron chi connectivity index (χ2n) is 4.06. The van der Waals surface area contributed by atoms with Crippen molar-refractivity contribution >= 4 is 27.5 Å². The Morgan fingerprint density at radius 3 is 2.53 bits per heavy atom. The van der Waals surface area contributed by atoms with Crippen molar-refractivity contribution in [1.82, 2.24) is 0 Å². The van der Waals surface area contributed by atoms with E-state index in [4.69, 9.17) is 0 Å². The molecule has 5 heteroatoms. The lowest BCUT2D eigenvalue weighted by Gasteiger charge is -2.08. The first-order chi connectivity index (χ1) is 8.97. The van der Waals surface area contributed by atoms with Gasteiger partial charge in [0.15, 0.2) is 0 Å². The van der Waals surface area contributed by atoms with Crippen LogP contribution in [0.25, 0.3) is 0 Å². The maximum absolute atomic E-state index is 13.6. The van der Waals surface area contributed by atoms with Crippen LogP contribution in [-0.2, 0) is 0 Å². The van der Waals surface area contributed by atoms with Crippen molar-refractivity contribution in [3.05, 3.63) is 63.6 Å². The second kappa shape index (κ2) is 5.48. The molecule has 19 heavy (non-hydrogen) atoms. The number of amides is 1. The second-order valence-corrected chi connectivity index (χ2v) is 4.98. The Morgan fingerprint density at radius 1 is 1.11 bits per heavy atom. The Labute approximate surface area is 117 Å². The zero-order chi connectivity index (χ0) is 14.0. The molecule has 0 fully saturated rings. The van der Waals surface area contributed by atoms with E-state index in [9.17, 15) is 13.6 Å². The fourth-order valence-corrected chi connectivity index (χ4v) is 1.95. The first-order valence-electron chi connectivity index (χ1n) is 5.50. The van der Waals surface area contributed by atoms with Gasteiger partial charge in [0.1, 0.15) is 11.6 Å². The van der Waals surface area contributed by atoms with Crippen molar-refractivity contribution in [1.29, 1.82) is 0 Å². The summed E-state index contributed by atoms with van der Waals surface area (Å²) in [5.74, 6) is -1.90. The number of carbonyl (C=O) groups excluding carboxylic acids is 1. The monoisotopic (exact) mass is 325 g/mol. The van der Waals surface area contributed by atoms with E-state index in [1.807, 2.05) is 0 Å².